The standard InChI is InChI=1S/C27H32O16/c1-8-17(31)20(34)23(37)26(40-8)39-7-15-18(32)21(35)24(38)27(43-15)41-10-5-13(30)16-14(6-10)42-25(22(36)19(16)33)9-2-3-11(28)12(29)4-9/h2-6,8,15,17-18,20-32,34-38H,7H2,1H3/t8-,15+,17-,18+,20-,21-,22+,23+,24+,25+,26+,27+/m0/s1. The monoisotopic (exact) mass is 612 g/mol. The number of ether oxygens (including phenoxy) is 5. The van der Waals surface area contributed by atoms with Gasteiger partial charge in [0, 0.05) is 12.1 Å². The molecule has 0 radical (unpaired) electrons. The molecule has 12 atom stereocenters. The van der Waals surface area contributed by atoms with Crippen molar-refractivity contribution in [1.82, 2.24) is 0 Å². The fourth-order valence-corrected chi connectivity index (χ4v) is 5.07. The molecular weight excluding hydrogens is 580 g/mol. The molecule has 2 aromatic rings. The van der Waals surface area contributed by atoms with Crippen LogP contribution in [0.2, 0.25) is 0 Å². The number of carbonyl (C=O) groups excluding carboxylic acids is 1. The van der Waals surface area contributed by atoms with Crippen LogP contribution in [0.1, 0.15) is 28.9 Å². The maximum Gasteiger partial charge on any atom is 0.229 e. The summed E-state index contributed by atoms with van der Waals surface area (Å²) in [6, 6.07) is 5.64. The summed E-state index contributed by atoms with van der Waals surface area (Å²) in [5, 5.41) is 102. The number of phenolic OH excluding ortho intramolecular Hbond substituents is 3. The minimum Gasteiger partial charge on any atom is -0.507 e. The molecule has 43 heavy (non-hydrogen) atoms. The number of hydrogen-bond acceptors (Lipinski definition) is 16. The Bertz CT molecular complexity index is 1340. The molecule has 2 fully saturated rings. The third kappa shape index (κ3) is 5.82. The molecule has 3 aliphatic rings. The summed E-state index contributed by atoms with van der Waals surface area (Å²) in [5.74, 6) is -3.00. The maximum atomic E-state index is 12.9. The number of aromatic hydroxyl groups is 3. The number of carbonyl (C=O) groups is 1. The highest BCUT2D eigenvalue weighted by Crippen LogP contribution is 2.43. The van der Waals surface area contributed by atoms with Gasteiger partial charge in [-0.05, 0) is 24.6 Å². The molecule has 0 bridgehead atoms. The van der Waals surface area contributed by atoms with Gasteiger partial charge < -0.3 is 74.7 Å². The first-order valence-electron chi connectivity index (χ1n) is 13.2. The number of fused-ring (bicyclic) bond motifs is 1. The van der Waals surface area contributed by atoms with E-state index in [-0.39, 0.29) is 22.6 Å². The van der Waals surface area contributed by atoms with Crippen LogP contribution in [0.3, 0.4) is 0 Å². The van der Waals surface area contributed by atoms with Gasteiger partial charge in [-0.15, -0.1) is 0 Å². The number of rotatable bonds is 6. The van der Waals surface area contributed by atoms with Crippen LogP contribution in [0.5, 0.6) is 28.7 Å². The lowest BCUT2D eigenvalue weighted by Gasteiger charge is -2.42. The number of benzene rings is 2. The third-order valence-electron chi connectivity index (χ3n) is 7.59. The van der Waals surface area contributed by atoms with Gasteiger partial charge in [-0.3, -0.25) is 4.79 Å². The molecule has 2 saturated heterocycles. The van der Waals surface area contributed by atoms with Crippen LogP contribution < -0.4 is 9.47 Å². The van der Waals surface area contributed by atoms with E-state index in [1.54, 1.807) is 0 Å². The van der Waals surface area contributed by atoms with E-state index >= 15 is 0 Å². The van der Waals surface area contributed by atoms with Crippen molar-refractivity contribution in [1.29, 1.82) is 0 Å². The highest BCUT2D eigenvalue weighted by molar-refractivity contribution is 6.05. The van der Waals surface area contributed by atoms with Gasteiger partial charge in [-0.1, -0.05) is 6.07 Å². The zero-order chi connectivity index (χ0) is 31.3. The Morgan fingerprint density at radius 2 is 1.42 bits per heavy atom. The van der Waals surface area contributed by atoms with E-state index < -0.39 is 103 Å². The maximum absolute atomic E-state index is 12.9. The zero-order valence-corrected chi connectivity index (χ0v) is 22.4. The summed E-state index contributed by atoms with van der Waals surface area (Å²) >= 11 is 0. The van der Waals surface area contributed by atoms with Gasteiger partial charge in [0.25, 0.3) is 0 Å². The number of Topliss-reactive ketones (excluding diaryl/α,β-unsaturated/α-hetero) is 1. The van der Waals surface area contributed by atoms with Crippen LogP contribution in [0.15, 0.2) is 30.3 Å². The van der Waals surface area contributed by atoms with Gasteiger partial charge in [-0.25, -0.2) is 0 Å². The van der Waals surface area contributed by atoms with E-state index in [1.165, 1.54) is 13.0 Å². The van der Waals surface area contributed by atoms with Crippen molar-refractivity contribution in [3.05, 3.63) is 41.5 Å². The smallest absolute Gasteiger partial charge is 0.229 e. The first-order valence-corrected chi connectivity index (χ1v) is 13.2. The van der Waals surface area contributed by atoms with Crippen molar-refractivity contribution in [2.75, 3.05) is 6.61 Å². The van der Waals surface area contributed by atoms with Crippen LogP contribution in [-0.2, 0) is 14.2 Å². The van der Waals surface area contributed by atoms with Gasteiger partial charge in [0.2, 0.25) is 12.1 Å². The molecule has 2 aromatic carbocycles. The quantitative estimate of drug-likeness (QED) is 0.151. The number of aliphatic hydroxyl groups excluding tert-OH is 7. The molecule has 3 heterocycles. The predicted octanol–water partition coefficient (Wildman–Crippen LogP) is -2.49. The van der Waals surface area contributed by atoms with Crippen LogP contribution >= 0.6 is 0 Å². The van der Waals surface area contributed by atoms with Crippen LogP contribution in [-0.4, -0.2) is 131 Å². The molecule has 0 saturated carbocycles. The lowest BCUT2D eigenvalue weighted by Crippen LogP contribution is -2.61. The average molecular weight is 613 g/mol. The molecule has 16 nitrogen and oxygen atoms in total. The Labute approximate surface area is 243 Å². The minimum absolute atomic E-state index is 0.127. The molecule has 0 aromatic heterocycles. The van der Waals surface area contributed by atoms with Gasteiger partial charge >= 0.3 is 0 Å². The largest absolute Gasteiger partial charge is 0.507 e. The summed E-state index contributed by atoms with van der Waals surface area (Å²) in [4.78, 5) is 12.9. The SMILES string of the molecule is C[C@@H]1O[C@@H](OC[C@H]2O[C@@H](Oc3cc(O)c4c(c3)O[C@H](c3ccc(O)c(O)c3)[C@H](O)C4=O)[C@H](O)[C@@H](O)[C@@H]2O)[C@H](O)[C@@H](O)[C@H]1O. The fraction of sp³-hybridized carbons (Fsp3) is 0.519. The Hall–Kier alpha value is -3.29. The number of phenols is 3. The first-order chi connectivity index (χ1) is 20.3. The molecule has 10 N–H and O–H groups in total. The number of ketones is 1. The summed E-state index contributed by atoms with van der Waals surface area (Å²) in [6.07, 6.45) is -18.5. The van der Waals surface area contributed by atoms with Crippen LogP contribution in [0, 0.1) is 0 Å². The zero-order valence-electron chi connectivity index (χ0n) is 22.4. The number of aliphatic hydroxyl groups is 7. The summed E-state index contributed by atoms with van der Waals surface area (Å²) in [7, 11) is 0. The van der Waals surface area contributed by atoms with Gasteiger partial charge in [0.15, 0.2) is 30.0 Å². The Kier molecular flexibility index (Phi) is 8.70. The minimum atomic E-state index is -1.82. The van der Waals surface area contributed by atoms with E-state index in [9.17, 15) is 55.9 Å². The van der Waals surface area contributed by atoms with Crippen molar-refractivity contribution in [3.63, 3.8) is 0 Å². The van der Waals surface area contributed by atoms with Crippen molar-refractivity contribution < 1.29 is 79.5 Å². The van der Waals surface area contributed by atoms with E-state index in [1.807, 2.05) is 0 Å². The third-order valence-corrected chi connectivity index (χ3v) is 7.59. The van der Waals surface area contributed by atoms with Crippen LogP contribution in [0.4, 0.5) is 0 Å². The van der Waals surface area contributed by atoms with Gasteiger partial charge in [-0.2, -0.15) is 0 Å². The summed E-state index contributed by atoms with van der Waals surface area (Å²) in [6.45, 7) is 0.906. The van der Waals surface area contributed by atoms with E-state index in [2.05, 4.69) is 0 Å². The van der Waals surface area contributed by atoms with E-state index in [0.29, 0.717) is 0 Å². The van der Waals surface area contributed by atoms with Crippen molar-refractivity contribution >= 4 is 5.78 Å². The first kappa shape index (κ1) is 31.1. The topological polar surface area (TPSA) is 266 Å². The lowest BCUT2D eigenvalue weighted by molar-refractivity contribution is -0.318. The summed E-state index contributed by atoms with van der Waals surface area (Å²) in [5.41, 5.74) is -0.249. The second-order valence-corrected chi connectivity index (χ2v) is 10.6. The molecule has 3 aliphatic heterocycles. The number of hydrogen-bond donors (Lipinski definition) is 10. The van der Waals surface area contributed by atoms with E-state index in [0.717, 1.165) is 24.3 Å². The van der Waals surface area contributed by atoms with Crippen LogP contribution in [0.25, 0.3) is 0 Å². The van der Waals surface area contributed by atoms with E-state index in [4.69, 9.17) is 23.7 Å². The van der Waals surface area contributed by atoms with Gasteiger partial charge in [0.1, 0.15) is 65.5 Å². The second-order valence-electron chi connectivity index (χ2n) is 10.6. The lowest BCUT2D eigenvalue weighted by atomic mass is 9.92. The normalized spacial score (nSPS) is 37.8. The Balaban J connectivity index is 1.33. The molecule has 0 amide bonds. The van der Waals surface area contributed by atoms with Crippen molar-refractivity contribution in [2.24, 2.45) is 0 Å². The molecular formula is C27H32O16. The second kappa shape index (κ2) is 12.0. The molecule has 16 heteroatoms. The summed E-state index contributed by atoms with van der Waals surface area (Å²) < 4.78 is 27.7. The Morgan fingerprint density at radius 3 is 2.12 bits per heavy atom. The molecule has 0 unspecified atom stereocenters. The molecule has 236 valence electrons. The average Bonchev–Trinajstić information content (AvgIpc) is 2.97. The molecule has 0 aliphatic carbocycles. The van der Waals surface area contributed by atoms with Crippen molar-refractivity contribution in [3.8, 4) is 28.7 Å². The van der Waals surface area contributed by atoms with Gasteiger partial charge in [0.05, 0.1) is 12.7 Å². The molecule has 5 rings (SSSR count). The highest BCUT2D eigenvalue weighted by atomic mass is 16.7. The fourth-order valence-electron chi connectivity index (χ4n) is 5.07. The molecule has 0 spiro atoms. The Morgan fingerprint density at radius 1 is 0.744 bits per heavy atom. The van der Waals surface area contributed by atoms with Crippen molar-refractivity contribution in [2.45, 2.75) is 80.5 Å². The predicted molar refractivity (Wildman–Crippen MR) is 137 cm³/mol. The highest BCUT2D eigenvalue weighted by Gasteiger charge is 2.48.